The van der Waals surface area contributed by atoms with Gasteiger partial charge < -0.3 is 42.2 Å². The molecule has 0 saturated carbocycles. The second kappa shape index (κ2) is 8.39. The van der Waals surface area contributed by atoms with Crippen LogP contribution < -0.4 is 22.9 Å². The lowest BCUT2D eigenvalue weighted by molar-refractivity contribution is -0.197. The van der Waals surface area contributed by atoms with Crippen molar-refractivity contribution in [1.29, 1.82) is 0 Å². The average molecular weight is 462 g/mol. The van der Waals surface area contributed by atoms with E-state index in [4.69, 9.17) is 27.7 Å². The predicted octanol–water partition coefficient (Wildman–Crippen LogP) is -1.34. The Morgan fingerprint density at radius 1 is 1.30 bits per heavy atom. The van der Waals surface area contributed by atoms with Crippen molar-refractivity contribution < 1.29 is 19.4 Å². The van der Waals surface area contributed by atoms with Gasteiger partial charge in [0.15, 0.2) is 11.5 Å². The highest BCUT2D eigenvalue weighted by molar-refractivity contribution is 5.83. The van der Waals surface area contributed by atoms with Gasteiger partial charge in [0.25, 0.3) is 0 Å². The van der Waals surface area contributed by atoms with Gasteiger partial charge in [-0.15, -0.1) is 0 Å². The van der Waals surface area contributed by atoms with Crippen LogP contribution in [0.25, 0.3) is 11.2 Å². The van der Waals surface area contributed by atoms with E-state index in [1.165, 1.54) is 0 Å². The number of carbonyl (C=O) groups is 2. The molecule has 9 N–H and O–H groups in total. The van der Waals surface area contributed by atoms with Crippen LogP contribution in [-0.2, 0) is 14.3 Å². The molecule has 3 atom stereocenters. The van der Waals surface area contributed by atoms with Crippen LogP contribution in [0.15, 0.2) is 6.33 Å². The molecule has 2 aromatic rings. The van der Waals surface area contributed by atoms with Crippen molar-refractivity contribution in [2.24, 2.45) is 11.5 Å². The molecule has 0 radical (unpaired) electrons. The molecule has 13 nitrogen and oxygen atoms in total. The zero-order valence-electron chi connectivity index (χ0n) is 18.6. The van der Waals surface area contributed by atoms with Crippen LogP contribution in [-0.4, -0.2) is 78.3 Å². The fourth-order valence-corrected chi connectivity index (χ4v) is 4.88. The van der Waals surface area contributed by atoms with Gasteiger partial charge in [-0.1, -0.05) is 0 Å². The fourth-order valence-electron chi connectivity index (χ4n) is 4.88. The Hall–Kier alpha value is -3.03. The Kier molecular flexibility index (Phi) is 5.88. The molecule has 13 heteroatoms. The van der Waals surface area contributed by atoms with Gasteiger partial charge in [-0.3, -0.25) is 9.59 Å². The molecule has 0 aliphatic carbocycles. The Bertz CT molecular complexity index is 1060. The summed E-state index contributed by atoms with van der Waals surface area (Å²) in [6, 6.07) is -1.27. The van der Waals surface area contributed by atoms with E-state index in [2.05, 4.69) is 15.0 Å². The number of aliphatic hydroxyl groups is 1. The van der Waals surface area contributed by atoms with E-state index in [0.29, 0.717) is 43.5 Å². The molecule has 2 fully saturated rings. The largest absolute Gasteiger partial charge is 0.388 e. The van der Waals surface area contributed by atoms with Crippen molar-refractivity contribution in [2.75, 3.05) is 31.2 Å². The Morgan fingerprint density at radius 3 is 2.64 bits per heavy atom. The first kappa shape index (κ1) is 23.1. The van der Waals surface area contributed by atoms with Crippen LogP contribution in [0.1, 0.15) is 45.1 Å². The highest BCUT2D eigenvalue weighted by Gasteiger charge is 2.50. The Balaban J connectivity index is 1.42. The molecule has 2 amide bonds. The molecule has 2 aromatic heterocycles. The normalized spacial score (nSPS) is 25.9. The number of primary amides is 1. The summed E-state index contributed by atoms with van der Waals surface area (Å²) in [5, 5.41) is 11.4. The van der Waals surface area contributed by atoms with Crippen molar-refractivity contribution >= 4 is 34.7 Å². The monoisotopic (exact) mass is 461 g/mol. The molecule has 0 aromatic carbocycles. The molecular formula is C20H31N9O4. The first-order valence-corrected chi connectivity index (χ1v) is 11.0. The van der Waals surface area contributed by atoms with Crippen molar-refractivity contribution in [1.82, 2.24) is 24.4 Å². The maximum Gasteiger partial charge on any atom is 0.234 e. The molecule has 0 bridgehead atoms. The van der Waals surface area contributed by atoms with E-state index in [1.54, 1.807) is 22.7 Å². The second-order valence-corrected chi connectivity index (χ2v) is 9.26. The first-order valence-electron chi connectivity index (χ1n) is 11.0. The number of ether oxygens (including phenoxy) is 1. The smallest absolute Gasteiger partial charge is 0.234 e. The number of amides is 2. The Labute approximate surface area is 190 Å². The maximum atomic E-state index is 12.5. The number of nitrogens with two attached hydrogens (primary N) is 4. The zero-order valence-corrected chi connectivity index (χ0v) is 18.6. The minimum atomic E-state index is -1.12. The second-order valence-electron chi connectivity index (χ2n) is 9.26. The van der Waals surface area contributed by atoms with Crippen LogP contribution in [0.2, 0.25) is 0 Å². The molecule has 4 heterocycles. The summed E-state index contributed by atoms with van der Waals surface area (Å²) < 4.78 is 8.05. The third kappa shape index (κ3) is 4.43. The number of aromatic nitrogens is 4. The van der Waals surface area contributed by atoms with Gasteiger partial charge in [0.05, 0.1) is 36.2 Å². The number of nitrogen functional groups attached to an aromatic ring is 2. The summed E-state index contributed by atoms with van der Waals surface area (Å²) in [6.45, 7) is 3.01. The summed E-state index contributed by atoms with van der Waals surface area (Å²) in [5.74, 6) is -0.474. The highest BCUT2D eigenvalue weighted by Crippen LogP contribution is 2.44. The third-order valence-corrected chi connectivity index (χ3v) is 6.81. The molecule has 0 unspecified atom stereocenters. The third-order valence-electron chi connectivity index (χ3n) is 6.81. The molecule has 2 aliphatic rings. The number of hydrogen-bond donors (Lipinski definition) is 5. The van der Waals surface area contributed by atoms with E-state index >= 15 is 0 Å². The molecule has 2 saturated heterocycles. The van der Waals surface area contributed by atoms with Gasteiger partial charge >= 0.3 is 0 Å². The van der Waals surface area contributed by atoms with E-state index < -0.39 is 29.2 Å². The lowest BCUT2D eigenvalue weighted by atomic mass is 9.75. The minimum absolute atomic E-state index is 0.0309. The standard InChI is InChI=1S/C20H31N9O4/c1-19(32)9-20(4-6-28(7-5-20)13(30)3-2-11(21)16(23)31)33-8-12(19)29-10-25-14-15(22)26-18(24)27-17(14)29/h10-12,32H,2-9,21H2,1H3,(H2,23,31)(H4,22,24,26,27)/t11-,12-,19-/m0/s1. The van der Waals surface area contributed by atoms with Crippen LogP contribution in [0.3, 0.4) is 0 Å². The minimum Gasteiger partial charge on any atom is -0.388 e. The predicted molar refractivity (Wildman–Crippen MR) is 119 cm³/mol. The SMILES string of the molecule is C[C@]1(O)CC2(CCN(C(=O)CC[C@H](N)C(N)=O)CC2)OC[C@@H]1n1cnc2c(N)nc(N)nc21. The molecule has 4 rings (SSSR count). The topological polar surface area (TPSA) is 215 Å². The van der Waals surface area contributed by atoms with Gasteiger partial charge in [0.1, 0.15) is 5.52 Å². The average Bonchev–Trinajstić information content (AvgIpc) is 3.15. The molecule has 33 heavy (non-hydrogen) atoms. The lowest BCUT2D eigenvalue weighted by Gasteiger charge is -2.51. The van der Waals surface area contributed by atoms with Gasteiger partial charge in [-0.05, 0) is 26.2 Å². The van der Waals surface area contributed by atoms with Gasteiger partial charge in [0.2, 0.25) is 17.8 Å². The fraction of sp³-hybridized carbons (Fsp3) is 0.650. The Morgan fingerprint density at radius 2 is 2.00 bits per heavy atom. The van der Waals surface area contributed by atoms with Crippen LogP contribution >= 0.6 is 0 Å². The molecule has 2 aliphatic heterocycles. The summed E-state index contributed by atoms with van der Waals surface area (Å²) in [7, 11) is 0. The molecule has 180 valence electrons. The van der Waals surface area contributed by atoms with Crippen molar-refractivity contribution in [3.8, 4) is 0 Å². The van der Waals surface area contributed by atoms with Gasteiger partial charge in [0, 0.05) is 25.9 Å². The van der Waals surface area contributed by atoms with E-state index in [-0.39, 0.29) is 37.1 Å². The zero-order chi connectivity index (χ0) is 24.0. The number of nitrogens with zero attached hydrogens (tertiary/aromatic N) is 5. The molecule has 1 spiro atoms. The lowest BCUT2D eigenvalue weighted by Crippen LogP contribution is -2.58. The number of fused-ring (bicyclic) bond motifs is 1. The quantitative estimate of drug-likeness (QED) is 0.353. The van der Waals surface area contributed by atoms with Crippen LogP contribution in [0.4, 0.5) is 11.8 Å². The van der Waals surface area contributed by atoms with Gasteiger partial charge in [-0.25, -0.2) is 4.98 Å². The van der Waals surface area contributed by atoms with Crippen molar-refractivity contribution in [2.45, 2.75) is 62.3 Å². The number of imidazole rings is 1. The van der Waals surface area contributed by atoms with Gasteiger partial charge in [-0.2, -0.15) is 9.97 Å². The summed E-state index contributed by atoms with van der Waals surface area (Å²) >= 11 is 0. The summed E-state index contributed by atoms with van der Waals surface area (Å²) in [5.41, 5.74) is 21.6. The van der Waals surface area contributed by atoms with Crippen molar-refractivity contribution in [3.63, 3.8) is 0 Å². The van der Waals surface area contributed by atoms with E-state index in [9.17, 15) is 14.7 Å². The number of likely N-dealkylation sites (tertiary alicyclic amines) is 1. The van der Waals surface area contributed by atoms with E-state index in [0.717, 1.165) is 0 Å². The first-order chi connectivity index (χ1) is 15.5. The number of rotatable bonds is 5. The highest BCUT2D eigenvalue weighted by atomic mass is 16.5. The number of hydrogen-bond acceptors (Lipinski definition) is 10. The van der Waals surface area contributed by atoms with Crippen LogP contribution in [0, 0.1) is 0 Å². The number of piperidine rings is 1. The summed E-state index contributed by atoms with van der Waals surface area (Å²) in [4.78, 5) is 37.8. The molecular weight excluding hydrogens is 430 g/mol. The maximum absolute atomic E-state index is 12.5. The van der Waals surface area contributed by atoms with E-state index in [1.807, 2.05) is 0 Å². The number of carbonyl (C=O) groups excluding carboxylic acids is 2. The number of anilines is 2. The van der Waals surface area contributed by atoms with Crippen LogP contribution in [0.5, 0.6) is 0 Å². The summed E-state index contributed by atoms with van der Waals surface area (Å²) in [6.07, 6.45) is 3.52. The van der Waals surface area contributed by atoms with Crippen molar-refractivity contribution in [3.05, 3.63) is 6.33 Å².